The molecular formula is C22H31F3O. The number of rotatable bonds is 9. The van der Waals surface area contributed by atoms with Crippen LogP contribution in [0.2, 0.25) is 0 Å². The van der Waals surface area contributed by atoms with Crippen molar-refractivity contribution in [3.8, 4) is 5.75 Å². The number of benzene rings is 1. The van der Waals surface area contributed by atoms with E-state index in [2.05, 4.69) is 23.8 Å². The lowest BCUT2D eigenvalue weighted by atomic mass is 9.79. The lowest BCUT2D eigenvalue weighted by molar-refractivity contribution is -0.274. The van der Waals surface area contributed by atoms with Crippen molar-refractivity contribution in [1.29, 1.82) is 0 Å². The van der Waals surface area contributed by atoms with Gasteiger partial charge >= 0.3 is 6.36 Å². The van der Waals surface area contributed by atoms with Gasteiger partial charge in [-0.1, -0.05) is 56.9 Å². The summed E-state index contributed by atoms with van der Waals surface area (Å²) in [4.78, 5) is 0. The predicted molar refractivity (Wildman–Crippen MR) is 100 cm³/mol. The van der Waals surface area contributed by atoms with Crippen LogP contribution in [0.25, 0.3) is 0 Å². The minimum Gasteiger partial charge on any atom is -0.406 e. The van der Waals surface area contributed by atoms with Crippen molar-refractivity contribution in [2.75, 3.05) is 0 Å². The van der Waals surface area contributed by atoms with Crippen LogP contribution in [0.5, 0.6) is 5.75 Å². The maximum absolute atomic E-state index is 12.1. The maximum Gasteiger partial charge on any atom is 0.573 e. The molecule has 4 heteroatoms. The molecule has 146 valence electrons. The normalized spacial score (nSPS) is 21.2. The van der Waals surface area contributed by atoms with Crippen molar-refractivity contribution in [3.05, 3.63) is 42.0 Å². The van der Waals surface area contributed by atoms with E-state index in [1.54, 1.807) is 12.1 Å². The summed E-state index contributed by atoms with van der Waals surface area (Å²) in [7, 11) is 0. The number of hydrogen-bond acceptors (Lipinski definition) is 1. The smallest absolute Gasteiger partial charge is 0.406 e. The second kappa shape index (κ2) is 10.6. The Morgan fingerprint density at radius 3 is 2.35 bits per heavy atom. The number of allylic oxidation sites excluding steroid dienone is 2. The monoisotopic (exact) mass is 368 g/mol. The van der Waals surface area contributed by atoms with Gasteiger partial charge in [0.2, 0.25) is 0 Å². The zero-order chi connectivity index (χ0) is 18.8. The first-order chi connectivity index (χ1) is 12.5. The van der Waals surface area contributed by atoms with E-state index in [-0.39, 0.29) is 5.75 Å². The molecule has 0 spiro atoms. The van der Waals surface area contributed by atoms with Crippen LogP contribution in [0.4, 0.5) is 13.2 Å². The molecule has 0 atom stereocenters. The average molecular weight is 368 g/mol. The molecular weight excluding hydrogens is 337 g/mol. The first-order valence-corrected chi connectivity index (χ1v) is 9.97. The second-order valence-electron chi connectivity index (χ2n) is 7.44. The van der Waals surface area contributed by atoms with E-state index in [0.717, 1.165) is 24.3 Å². The Balaban J connectivity index is 1.64. The molecule has 1 aromatic carbocycles. The Labute approximate surface area is 155 Å². The highest BCUT2D eigenvalue weighted by Crippen LogP contribution is 2.32. The molecule has 0 unspecified atom stereocenters. The summed E-state index contributed by atoms with van der Waals surface area (Å²) in [6, 6.07) is 6.17. The Hall–Kier alpha value is -1.45. The zero-order valence-corrected chi connectivity index (χ0v) is 15.7. The van der Waals surface area contributed by atoms with E-state index < -0.39 is 6.36 Å². The largest absolute Gasteiger partial charge is 0.573 e. The Morgan fingerprint density at radius 2 is 1.73 bits per heavy atom. The summed E-state index contributed by atoms with van der Waals surface area (Å²) < 4.78 is 40.3. The third-order valence-electron chi connectivity index (χ3n) is 5.27. The van der Waals surface area contributed by atoms with Gasteiger partial charge in [-0.25, -0.2) is 0 Å². The Kier molecular flexibility index (Phi) is 8.53. The van der Waals surface area contributed by atoms with Gasteiger partial charge in [0.25, 0.3) is 0 Å². The van der Waals surface area contributed by atoms with Crippen LogP contribution in [0.1, 0.15) is 70.3 Å². The molecule has 26 heavy (non-hydrogen) atoms. The van der Waals surface area contributed by atoms with Crippen LogP contribution in [-0.4, -0.2) is 6.36 Å². The molecule has 0 aromatic heterocycles. The molecule has 0 saturated heterocycles. The number of ether oxygens (including phenoxy) is 1. The van der Waals surface area contributed by atoms with E-state index in [0.29, 0.717) is 5.92 Å². The molecule has 0 N–H and O–H groups in total. The fourth-order valence-corrected chi connectivity index (χ4v) is 3.75. The second-order valence-corrected chi connectivity index (χ2v) is 7.44. The lowest BCUT2D eigenvalue weighted by Crippen LogP contribution is -2.17. The molecule has 2 rings (SSSR count). The lowest BCUT2D eigenvalue weighted by Gasteiger charge is -2.26. The summed E-state index contributed by atoms with van der Waals surface area (Å²) in [6.07, 6.45) is 12.5. The molecule has 0 bridgehead atoms. The standard InChI is InChI=1S/C22H31F3O/c1-2-3-4-7-18-10-12-19(13-11-18)8-5-6-9-20-14-16-21(17-15-20)26-22(23,24)25/h5,8,14-19H,2-4,6-7,9-13H2,1H3. The summed E-state index contributed by atoms with van der Waals surface area (Å²) in [6.45, 7) is 2.26. The quantitative estimate of drug-likeness (QED) is 0.325. The summed E-state index contributed by atoms with van der Waals surface area (Å²) in [5, 5.41) is 0. The molecule has 0 heterocycles. The van der Waals surface area contributed by atoms with Gasteiger partial charge in [-0.2, -0.15) is 0 Å². The van der Waals surface area contributed by atoms with E-state index in [4.69, 9.17) is 0 Å². The van der Waals surface area contributed by atoms with Gasteiger partial charge in [-0.05, 0) is 68.1 Å². The number of alkyl halides is 3. The molecule has 1 aromatic rings. The van der Waals surface area contributed by atoms with Crippen LogP contribution in [0.15, 0.2) is 36.4 Å². The van der Waals surface area contributed by atoms with Crippen molar-refractivity contribution >= 4 is 0 Å². The van der Waals surface area contributed by atoms with Crippen molar-refractivity contribution < 1.29 is 17.9 Å². The molecule has 0 aliphatic heterocycles. The highest BCUT2D eigenvalue weighted by atomic mass is 19.4. The van der Waals surface area contributed by atoms with Crippen molar-refractivity contribution in [3.63, 3.8) is 0 Å². The molecule has 0 radical (unpaired) electrons. The van der Waals surface area contributed by atoms with Crippen LogP contribution in [0, 0.1) is 11.8 Å². The minimum atomic E-state index is -4.63. The number of halogens is 3. The highest BCUT2D eigenvalue weighted by Gasteiger charge is 2.30. The highest BCUT2D eigenvalue weighted by molar-refractivity contribution is 5.27. The minimum absolute atomic E-state index is 0.160. The van der Waals surface area contributed by atoms with Gasteiger partial charge in [-0.15, -0.1) is 13.2 Å². The van der Waals surface area contributed by atoms with Crippen molar-refractivity contribution in [1.82, 2.24) is 0 Å². The first-order valence-electron chi connectivity index (χ1n) is 9.97. The van der Waals surface area contributed by atoms with Gasteiger partial charge in [0.05, 0.1) is 0 Å². The van der Waals surface area contributed by atoms with Gasteiger partial charge in [0.15, 0.2) is 0 Å². The molecule has 1 saturated carbocycles. The van der Waals surface area contributed by atoms with Crippen molar-refractivity contribution in [2.45, 2.75) is 77.5 Å². The van der Waals surface area contributed by atoms with Crippen LogP contribution >= 0.6 is 0 Å². The van der Waals surface area contributed by atoms with Crippen LogP contribution in [-0.2, 0) is 6.42 Å². The maximum atomic E-state index is 12.1. The van der Waals surface area contributed by atoms with Gasteiger partial charge in [0, 0.05) is 0 Å². The third-order valence-corrected chi connectivity index (χ3v) is 5.27. The van der Waals surface area contributed by atoms with E-state index >= 15 is 0 Å². The SMILES string of the molecule is CCCCCC1CCC(C=CCCc2ccc(OC(F)(F)F)cc2)CC1. The van der Waals surface area contributed by atoms with Gasteiger partial charge < -0.3 is 4.74 Å². The number of hydrogen-bond donors (Lipinski definition) is 0. The van der Waals surface area contributed by atoms with E-state index in [1.807, 2.05) is 0 Å². The van der Waals surface area contributed by atoms with Gasteiger partial charge in [-0.3, -0.25) is 0 Å². The Morgan fingerprint density at radius 1 is 1.04 bits per heavy atom. The summed E-state index contributed by atoms with van der Waals surface area (Å²) >= 11 is 0. The number of unbranched alkanes of at least 4 members (excludes halogenated alkanes) is 2. The molecule has 0 amide bonds. The van der Waals surface area contributed by atoms with E-state index in [1.165, 1.54) is 63.5 Å². The van der Waals surface area contributed by atoms with Crippen LogP contribution in [0.3, 0.4) is 0 Å². The van der Waals surface area contributed by atoms with E-state index in [9.17, 15) is 13.2 Å². The summed E-state index contributed by atoms with van der Waals surface area (Å²) in [5.74, 6) is 1.48. The van der Waals surface area contributed by atoms with Crippen molar-refractivity contribution in [2.24, 2.45) is 11.8 Å². The topological polar surface area (TPSA) is 9.23 Å². The molecule has 1 aliphatic rings. The molecule has 1 fully saturated rings. The fraction of sp³-hybridized carbons (Fsp3) is 0.636. The zero-order valence-electron chi connectivity index (χ0n) is 15.7. The van der Waals surface area contributed by atoms with Crippen LogP contribution < -0.4 is 4.74 Å². The molecule has 1 nitrogen and oxygen atoms in total. The fourth-order valence-electron chi connectivity index (χ4n) is 3.75. The van der Waals surface area contributed by atoms with Gasteiger partial charge in [0.1, 0.15) is 5.75 Å². The third kappa shape index (κ3) is 8.29. The number of aryl methyl sites for hydroxylation is 1. The predicted octanol–water partition coefficient (Wildman–Crippen LogP) is 7.46. The molecule has 1 aliphatic carbocycles. The Bertz CT molecular complexity index is 525. The summed E-state index contributed by atoms with van der Waals surface area (Å²) in [5.41, 5.74) is 1.03. The average Bonchev–Trinajstić information content (AvgIpc) is 2.60. The first kappa shape index (κ1) is 20.9.